The third kappa shape index (κ3) is 6.13. The molecule has 14 heavy (non-hydrogen) atoms. The number of unbranched alkanes of at least 4 members (excludes halogenated alkanes) is 1. The lowest BCUT2D eigenvalue weighted by molar-refractivity contribution is -0.140. The highest BCUT2D eigenvalue weighted by Gasteiger charge is 2.16. The van der Waals surface area contributed by atoms with Crippen LogP contribution < -0.4 is 5.32 Å². The Balaban J connectivity index is 3.83. The highest BCUT2D eigenvalue weighted by molar-refractivity contribution is 5.75. The van der Waals surface area contributed by atoms with Crippen molar-refractivity contribution in [1.82, 2.24) is 5.32 Å². The molecular weight excluding hydrogens is 190 g/mol. The average Bonchev–Trinajstić information content (AvgIpc) is 2.10. The van der Waals surface area contributed by atoms with Crippen molar-refractivity contribution < 1.29 is 24.6 Å². The molecule has 0 aromatic heterocycles. The summed E-state index contributed by atoms with van der Waals surface area (Å²) in [4.78, 5) is 30.7. The number of aliphatic carboxylic acids is 2. The number of carbonyl (C=O) groups excluding carboxylic acids is 1. The maximum atomic E-state index is 10.6. The molecule has 1 unspecified atom stereocenters. The molecule has 0 fully saturated rings. The van der Waals surface area contributed by atoms with E-state index in [1.165, 1.54) is 0 Å². The summed E-state index contributed by atoms with van der Waals surface area (Å²) in [5.74, 6) is -2.20. The van der Waals surface area contributed by atoms with Gasteiger partial charge in [0.1, 0.15) is 12.3 Å². The molecule has 0 aromatic rings. The summed E-state index contributed by atoms with van der Waals surface area (Å²) in [5, 5.41) is 19.3. The van der Waals surface area contributed by atoms with Crippen molar-refractivity contribution in [2.75, 3.05) is 6.54 Å². The maximum Gasteiger partial charge on any atom is 0.320 e. The van der Waals surface area contributed by atoms with E-state index >= 15 is 0 Å². The van der Waals surface area contributed by atoms with Gasteiger partial charge in [0.2, 0.25) is 0 Å². The van der Waals surface area contributed by atoms with E-state index in [1.54, 1.807) is 0 Å². The van der Waals surface area contributed by atoms with Gasteiger partial charge in [-0.25, -0.2) is 0 Å². The Labute approximate surface area is 80.9 Å². The molecular formula is C8H13NO5. The Morgan fingerprint density at radius 2 is 2.00 bits per heavy atom. The number of hydrogen-bond acceptors (Lipinski definition) is 4. The Morgan fingerprint density at radius 1 is 1.36 bits per heavy atom. The molecule has 0 spiro atoms. The van der Waals surface area contributed by atoms with Gasteiger partial charge in [-0.15, -0.1) is 0 Å². The predicted molar refractivity (Wildman–Crippen MR) is 47.0 cm³/mol. The minimum absolute atomic E-state index is 0.251. The van der Waals surface area contributed by atoms with Crippen LogP contribution in [-0.4, -0.2) is 41.0 Å². The van der Waals surface area contributed by atoms with Crippen molar-refractivity contribution >= 4 is 18.2 Å². The van der Waals surface area contributed by atoms with Crippen molar-refractivity contribution in [2.45, 2.75) is 25.3 Å². The molecule has 3 N–H and O–H groups in total. The highest BCUT2D eigenvalue weighted by atomic mass is 16.4. The van der Waals surface area contributed by atoms with E-state index in [0.717, 1.165) is 0 Å². The first kappa shape index (κ1) is 12.6. The average molecular weight is 203 g/mol. The topological polar surface area (TPSA) is 104 Å². The van der Waals surface area contributed by atoms with Gasteiger partial charge < -0.3 is 15.0 Å². The fraction of sp³-hybridized carbons (Fsp3) is 0.625. The molecule has 0 amide bonds. The lowest BCUT2D eigenvalue weighted by Gasteiger charge is -2.11. The summed E-state index contributed by atoms with van der Waals surface area (Å²) in [7, 11) is 0. The van der Waals surface area contributed by atoms with Gasteiger partial charge in [0.05, 0.1) is 6.54 Å². The number of carboxylic acid groups (broad SMARTS) is 2. The van der Waals surface area contributed by atoms with E-state index in [-0.39, 0.29) is 6.42 Å². The standard InChI is InChI=1S/C8H13NO5/c10-4-2-1-3-6(8(13)14)9-5-7(11)12/h4,6,9H,1-3,5H2,(H,11,12)(H,13,14). The van der Waals surface area contributed by atoms with Gasteiger partial charge in [0.25, 0.3) is 0 Å². The Morgan fingerprint density at radius 3 is 2.43 bits per heavy atom. The number of aldehydes is 1. The highest BCUT2D eigenvalue weighted by Crippen LogP contribution is 1.99. The second kappa shape index (κ2) is 7.02. The Hall–Kier alpha value is -1.43. The van der Waals surface area contributed by atoms with Crippen LogP contribution in [0.3, 0.4) is 0 Å². The van der Waals surface area contributed by atoms with Crippen LogP contribution in [0, 0.1) is 0 Å². The molecule has 0 aliphatic carbocycles. The van der Waals surface area contributed by atoms with Crippen LogP contribution in [0.5, 0.6) is 0 Å². The minimum Gasteiger partial charge on any atom is -0.480 e. The predicted octanol–water partition coefficient (Wildman–Crippen LogP) is -0.517. The van der Waals surface area contributed by atoms with Crippen molar-refractivity contribution in [3.8, 4) is 0 Å². The van der Waals surface area contributed by atoms with Gasteiger partial charge in [-0.05, 0) is 12.8 Å². The number of hydrogen-bond donors (Lipinski definition) is 3. The van der Waals surface area contributed by atoms with Gasteiger partial charge in [-0.2, -0.15) is 0 Å². The van der Waals surface area contributed by atoms with E-state index in [9.17, 15) is 14.4 Å². The fourth-order valence-corrected chi connectivity index (χ4v) is 0.929. The van der Waals surface area contributed by atoms with Gasteiger partial charge in [0, 0.05) is 6.42 Å². The zero-order chi connectivity index (χ0) is 11.0. The van der Waals surface area contributed by atoms with Crippen LogP contribution in [0.4, 0.5) is 0 Å². The molecule has 0 aromatic carbocycles. The monoisotopic (exact) mass is 203 g/mol. The summed E-state index contributed by atoms with van der Waals surface area (Å²) in [6.45, 7) is -0.391. The summed E-state index contributed by atoms with van der Waals surface area (Å²) in [6.07, 6.45) is 1.68. The third-order valence-corrected chi connectivity index (χ3v) is 1.61. The molecule has 0 saturated carbocycles. The molecule has 0 heterocycles. The van der Waals surface area contributed by atoms with Crippen molar-refractivity contribution in [3.63, 3.8) is 0 Å². The van der Waals surface area contributed by atoms with Gasteiger partial charge in [-0.3, -0.25) is 14.9 Å². The van der Waals surface area contributed by atoms with Crippen LogP contribution >= 0.6 is 0 Å². The summed E-state index contributed by atoms with van der Waals surface area (Å²) < 4.78 is 0. The number of rotatable bonds is 8. The zero-order valence-electron chi connectivity index (χ0n) is 7.60. The van der Waals surface area contributed by atoms with Crippen molar-refractivity contribution in [2.24, 2.45) is 0 Å². The van der Waals surface area contributed by atoms with E-state index in [4.69, 9.17) is 10.2 Å². The summed E-state index contributed by atoms with van der Waals surface area (Å²) in [5.41, 5.74) is 0. The minimum atomic E-state index is -1.10. The smallest absolute Gasteiger partial charge is 0.320 e. The van der Waals surface area contributed by atoms with Gasteiger partial charge in [0.15, 0.2) is 0 Å². The van der Waals surface area contributed by atoms with Crippen molar-refractivity contribution in [3.05, 3.63) is 0 Å². The van der Waals surface area contributed by atoms with Crippen LogP contribution in [0.25, 0.3) is 0 Å². The molecule has 0 aliphatic rings. The molecule has 1 atom stereocenters. The molecule has 0 aliphatic heterocycles. The first-order valence-electron chi connectivity index (χ1n) is 4.19. The molecule has 0 saturated heterocycles. The first-order valence-corrected chi connectivity index (χ1v) is 4.19. The van der Waals surface area contributed by atoms with Crippen molar-refractivity contribution in [1.29, 1.82) is 0 Å². The second-order valence-electron chi connectivity index (χ2n) is 2.76. The molecule has 0 bridgehead atoms. The van der Waals surface area contributed by atoms with Crippen LogP contribution in [0.15, 0.2) is 0 Å². The number of carboxylic acids is 2. The Kier molecular flexibility index (Phi) is 6.30. The number of nitrogens with one attached hydrogen (secondary N) is 1. The van der Waals surface area contributed by atoms with E-state index in [2.05, 4.69) is 5.32 Å². The normalized spacial score (nSPS) is 12.0. The SMILES string of the molecule is O=CCCCC(NCC(=O)O)C(=O)O. The van der Waals surface area contributed by atoms with Crippen LogP contribution in [-0.2, 0) is 14.4 Å². The largest absolute Gasteiger partial charge is 0.480 e. The maximum absolute atomic E-state index is 10.6. The fourth-order valence-electron chi connectivity index (χ4n) is 0.929. The molecule has 80 valence electrons. The third-order valence-electron chi connectivity index (χ3n) is 1.61. The lowest BCUT2D eigenvalue weighted by Crippen LogP contribution is -2.39. The second-order valence-corrected chi connectivity index (χ2v) is 2.76. The molecule has 0 rings (SSSR count). The summed E-state index contributed by atoms with van der Waals surface area (Å²) in [6, 6.07) is -0.897. The molecule has 6 heteroatoms. The lowest BCUT2D eigenvalue weighted by atomic mass is 10.1. The Bertz CT molecular complexity index is 216. The van der Waals surface area contributed by atoms with Crippen LogP contribution in [0.2, 0.25) is 0 Å². The van der Waals surface area contributed by atoms with Gasteiger partial charge >= 0.3 is 11.9 Å². The first-order chi connectivity index (χ1) is 6.57. The van der Waals surface area contributed by atoms with E-state index < -0.39 is 24.5 Å². The molecule has 6 nitrogen and oxygen atoms in total. The quantitative estimate of drug-likeness (QED) is 0.362. The van der Waals surface area contributed by atoms with Crippen LogP contribution in [0.1, 0.15) is 19.3 Å². The van der Waals surface area contributed by atoms with E-state index in [0.29, 0.717) is 19.1 Å². The molecule has 0 radical (unpaired) electrons. The zero-order valence-corrected chi connectivity index (χ0v) is 7.60. The van der Waals surface area contributed by atoms with Gasteiger partial charge in [-0.1, -0.05) is 0 Å². The number of carbonyl (C=O) groups is 3. The van der Waals surface area contributed by atoms with E-state index in [1.807, 2.05) is 0 Å². The summed E-state index contributed by atoms with van der Waals surface area (Å²) >= 11 is 0.